The highest BCUT2D eigenvalue weighted by molar-refractivity contribution is 5.85. The molecule has 3 N–H and O–H groups in total. The Bertz CT molecular complexity index is 500. The number of hydrogen-bond acceptors (Lipinski definition) is 3. The Morgan fingerprint density at radius 1 is 1.35 bits per heavy atom. The van der Waals surface area contributed by atoms with Crippen molar-refractivity contribution in [1.29, 1.82) is 0 Å². The van der Waals surface area contributed by atoms with Crippen LogP contribution in [0.4, 0.5) is 0 Å². The van der Waals surface area contributed by atoms with Crippen LogP contribution >= 0.6 is 0 Å². The molecule has 1 aromatic rings. The molecule has 1 heterocycles. The van der Waals surface area contributed by atoms with Crippen molar-refractivity contribution in [2.45, 2.75) is 32.4 Å². The van der Waals surface area contributed by atoms with Crippen molar-refractivity contribution in [3.63, 3.8) is 0 Å². The molecule has 1 unspecified atom stereocenters. The summed E-state index contributed by atoms with van der Waals surface area (Å²) in [4.78, 5) is 25.3. The van der Waals surface area contributed by atoms with Gasteiger partial charge in [-0.15, -0.1) is 0 Å². The van der Waals surface area contributed by atoms with E-state index in [2.05, 4.69) is 11.4 Å². The Morgan fingerprint density at radius 3 is 2.75 bits per heavy atom. The number of fused-ring (bicyclic) bond motifs is 1. The molecule has 0 aliphatic carbocycles. The number of amides is 2. The highest BCUT2D eigenvalue weighted by Gasteiger charge is 2.20. The fourth-order valence-electron chi connectivity index (χ4n) is 2.36. The van der Waals surface area contributed by atoms with Crippen LogP contribution in [0.15, 0.2) is 24.3 Å². The third kappa shape index (κ3) is 3.81. The van der Waals surface area contributed by atoms with Gasteiger partial charge in [-0.05, 0) is 24.5 Å². The lowest BCUT2D eigenvalue weighted by Crippen LogP contribution is -2.43. The summed E-state index contributed by atoms with van der Waals surface area (Å²) in [5, 5.41) is 2.62. The maximum absolute atomic E-state index is 12.1. The maximum atomic E-state index is 12.1. The summed E-state index contributed by atoms with van der Waals surface area (Å²) in [6.45, 7) is 3.15. The summed E-state index contributed by atoms with van der Waals surface area (Å²) in [5.41, 5.74) is 8.03. The van der Waals surface area contributed by atoms with Crippen molar-refractivity contribution >= 4 is 11.8 Å². The topological polar surface area (TPSA) is 75.4 Å². The molecule has 0 saturated heterocycles. The summed E-state index contributed by atoms with van der Waals surface area (Å²) in [5.74, 6) is -0.219. The van der Waals surface area contributed by atoms with Gasteiger partial charge in [-0.3, -0.25) is 9.59 Å². The first-order valence-corrected chi connectivity index (χ1v) is 6.93. The van der Waals surface area contributed by atoms with Gasteiger partial charge in [0.1, 0.15) is 0 Å². The Morgan fingerprint density at radius 2 is 2.05 bits per heavy atom. The fourth-order valence-corrected chi connectivity index (χ4v) is 2.36. The van der Waals surface area contributed by atoms with Gasteiger partial charge in [-0.2, -0.15) is 0 Å². The van der Waals surface area contributed by atoms with Gasteiger partial charge < -0.3 is 16.0 Å². The van der Waals surface area contributed by atoms with Crippen molar-refractivity contribution in [3.8, 4) is 0 Å². The fraction of sp³-hybridized carbons (Fsp3) is 0.467. The summed E-state index contributed by atoms with van der Waals surface area (Å²) < 4.78 is 0. The van der Waals surface area contributed by atoms with E-state index in [4.69, 9.17) is 5.73 Å². The van der Waals surface area contributed by atoms with Gasteiger partial charge >= 0.3 is 0 Å². The highest BCUT2D eigenvalue weighted by Crippen LogP contribution is 2.18. The van der Waals surface area contributed by atoms with Crippen LogP contribution in [0.1, 0.15) is 24.5 Å². The summed E-state index contributed by atoms with van der Waals surface area (Å²) >= 11 is 0. The second kappa shape index (κ2) is 6.52. The lowest BCUT2D eigenvalue weighted by Gasteiger charge is -2.29. The van der Waals surface area contributed by atoms with Crippen molar-refractivity contribution < 1.29 is 9.59 Å². The van der Waals surface area contributed by atoms with E-state index in [1.165, 1.54) is 11.1 Å². The highest BCUT2D eigenvalue weighted by atomic mass is 16.2. The third-order valence-corrected chi connectivity index (χ3v) is 3.43. The van der Waals surface area contributed by atoms with E-state index in [0.717, 1.165) is 6.42 Å². The third-order valence-electron chi connectivity index (χ3n) is 3.43. The normalized spacial score (nSPS) is 15.4. The molecule has 0 bridgehead atoms. The molecule has 20 heavy (non-hydrogen) atoms. The van der Waals surface area contributed by atoms with Crippen molar-refractivity contribution in [2.75, 3.05) is 13.1 Å². The molecule has 5 heteroatoms. The largest absolute Gasteiger partial charge is 0.347 e. The minimum absolute atomic E-state index is 0.0440. The zero-order valence-electron chi connectivity index (χ0n) is 11.8. The van der Waals surface area contributed by atoms with Crippen molar-refractivity contribution in [3.05, 3.63) is 35.4 Å². The number of nitrogens with zero attached hydrogens (tertiary/aromatic N) is 1. The quantitative estimate of drug-likeness (QED) is 0.836. The van der Waals surface area contributed by atoms with E-state index in [0.29, 0.717) is 13.1 Å². The SMILES string of the molecule is CC(N)CC(=O)NCC(=O)N1CCc2ccccc2C1. The van der Waals surface area contributed by atoms with E-state index >= 15 is 0 Å². The summed E-state index contributed by atoms with van der Waals surface area (Å²) in [6.07, 6.45) is 1.12. The van der Waals surface area contributed by atoms with Crippen LogP contribution in [0.5, 0.6) is 0 Å². The molecule has 1 aliphatic heterocycles. The lowest BCUT2D eigenvalue weighted by atomic mass is 10.00. The van der Waals surface area contributed by atoms with Gasteiger partial charge in [0.05, 0.1) is 6.54 Å². The Kier molecular flexibility index (Phi) is 4.74. The predicted molar refractivity (Wildman–Crippen MR) is 76.8 cm³/mol. The molecule has 0 fully saturated rings. The van der Waals surface area contributed by atoms with Crippen LogP contribution in [0, 0.1) is 0 Å². The number of nitrogens with two attached hydrogens (primary N) is 1. The molecule has 0 spiro atoms. The van der Waals surface area contributed by atoms with Gasteiger partial charge in [0.15, 0.2) is 0 Å². The zero-order valence-corrected chi connectivity index (χ0v) is 11.8. The maximum Gasteiger partial charge on any atom is 0.242 e. The standard InChI is InChI=1S/C15H21N3O2/c1-11(16)8-14(19)17-9-15(20)18-7-6-12-4-2-3-5-13(12)10-18/h2-5,11H,6-10,16H2,1H3,(H,17,19). The molecule has 0 radical (unpaired) electrons. The minimum Gasteiger partial charge on any atom is -0.347 e. The second-order valence-electron chi connectivity index (χ2n) is 5.29. The summed E-state index contributed by atoms with van der Waals surface area (Å²) in [7, 11) is 0. The lowest BCUT2D eigenvalue weighted by molar-refractivity contribution is -0.133. The van der Waals surface area contributed by atoms with Crippen molar-refractivity contribution in [1.82, 2.24) is 10.2 Å². The first-order chi connectivity index (χ1) is 9.56. The average molecular weight is 275 g/mol. The van der Waals surface area contributed by atoms with Crippen LogP contribution in [0.25, 0.3) is 0 Å². The molecule has 2 rings (SSSR count). The molecule has 1 aliphatic rings. The van der Waals surface area contributed by atoms with Gasteiger partial charge in [0.2, 0.25) is 11.8 Å². The van der Waals surface area contributed by atoms with Crippen LogP contribution in [0.3, 0.4) is 0 Å². The number of carbonyl (C=O) groups excluding carboxylic acids is 2. The first kappa shape index (κ1) is 14.5. The second-order valence-corrected chi connectivity index (χ2v) is 5.29. The first-order valence-electron chi connectivity index (χ1n) is 6.93. The van der Waals surface area contributed by atoms with Gasteiger partial charge in [-0.25, -0.2) is 0 Å². The molecular formula is C15H21N3O2. The molecule has 108 valence electrons. The van der Waals surface area contributed by atoms with Crippen molar-refractivity contribution in [2.24, 2.45) is 5.73 Å². The molecule has 1 aromatic carbocycles. The van der Waals surface area contributed by atoms with Crippen LogP contribution < -0.4 is 11.1 Å². The van der Waals surface area contributed by atoms with Gasteiger partial charge in [0.25, 0.3) is 0 Å². The molecule has 0 saturated carbocycles. The number of rotatable bonds is 4. The molecule has 1 atom stereocenters. The van der Waals surface area contributed by atoms with E-state index in [-0.39, 0.29) is 30.8 Å². The molecular weight excluding hydrogens is 254 g/mol. The number of benzene rings is 1. The van der Waals surface area contributed by atoms with E-state index in [1.807, 2.05) is 18.2 Å². The Balaban J connectivity index is 1.84. The Hall–Kier alpha value is -1.88. The van der Waals surface area contributed by atoms with Crippen LogP contribution in [-0.4, -0.2) is 35.8 Å². The number of nitrogens with one attached hydrogen (secondary N) is 1. The summed E-state index contributed by atoms with van der Waals surface area (Å²) in [6, 6.07) is 7.96. The molecule has 5 nitrogen and oxygen atoms in total. The average Bonchev–Trinajstić information content (AvgIpc) is 2.43. The number of carbonyl (C=O) groups is 2. The molecule has 0 aromatic heterocycles. The minimum atomic E-state index is -0.188. The van der Waals surface area contributed by atoms with E-state index in [9.17, 15) is 9.59 Å². The van der Waals surface area contributed by atoms with E-state index in [1.54, 1.807) is 11.8 Å². The Labute approximate surface area is 119 Å². The van der Waals surface area contributed by atoms with E-state index < -0.39 is 0 Å². The van der Waals surface area contributed by atoms with Crippen LogP contribution in [0.2, 0.25) is 0 Å². The smallest absolute Gasteiger partial charge is 0.242 e. The predicted octanol–water partition coefficient (Wildman–Crippen LogP) is 0.425. The monoisotopic (exact) mass is 275 g/mol. The molecule has 2 amide bonds. The van der Waals surface area contributed by atoms with Crippen LogP contribution in [-0.2, 0) is 22.6 Å². The number of hydrogen-bond donors (Lipinski definition) is 2. The zero-order chi connectivity index (χ0) is 14.5. The van der Waals surface area contributed by atoms with Gasteiger partial charge in [0, 0.05) is 25.6 Å². The van der Waals surface area contributed by atoms with Gasteiger partial charge in [-0.1, -0.05) is 24.3 Å².